The first-order chi connectivity index (χ1) is 9.69. The van der Waals surface area contributed by atoms with E-state index in [1.807, 2.05) is 24.3 Å². The zero-order valence-electron chi connectivity index (χ0n) is 11.4. The predicted molar refractivity (Wildman–Crippen MR) is 78.7 cm³/mol. The van der Waals surface area contributed by atoms with E-state index in [2.05, 4.69) is 5.32 Å². The number of hydrogen-bond acceptors (Lipinski definition) is 4. The molecule has 1 saturated heterocycles. The lowest BCUT2D eigenvalue weighted by Gasteiger charge is -2.14. The molecule has 0 aromatic heterocycles. The Morgan fingerprint density at radius 1 is 1.40 bits per heavy atom. The van der Waals surface area contributed by atoms with Crippen molar-refractivity contribution in [2.24, 2.45) is 0 Å². The van der Waals surface area contributed by atoms with E-state index in [-0.39, 0.29) is 18.4 Å². The molecule has 0 radical (unpaired) electrons. The number of carbonyl (C=O) groups is 2. The van der Waals surface area contributed by atoms with Gasteiger partial charge in [-0.1, -0.05) is 12.1 Å². The molecule has 0 atom stereocenters. The van der Waals surface area contributed by atoms with Crippen LogP contribution in [0.5, 0.6) is 5.75 Å². The minimum atomic E-state index is -0.102. The van der Waals surface area contributed by atoms with Crippen molar-refractivity contribution in [3.8, 4) is 5.75 Å². The minimum absolute atomic E-state index is 0.0419. The first-order valence-electron chi connectivity index (χ1n) is 6.44. The first-order valence-corrected chi connectivity index (χ1v) is 7.59. The van der Waals surface area contributed by atoms with Crippen molar-refractivity contribution in [2.75, 3.05) is 31.8 Å². The second-order valence-electron chi connectivity index (χ2n) is 4.52. The summed E-state index contributed by atoms with van der Waals surface area (Å²) < 4.78 is 5.09. The molecule has 108 valence electrons. The van der Waals surface area contributed by atoms with Crippen molar-refractivity contribution in [3.63, 3.8) is 0 Å². The van der Waals surface area contributed by atoms with Crippen LogP contribution in [0.25, 0.3) is 0 Å². The smallest absolute Gasteiger partial charge is 0.239 e. The summed E-state index contributed by atoms with van der Waals surface area (Å²) in [6.07, 6.45) is 0.762. The minimum Gasteiger partial charge on any atom is -0.497 e. The lowest BCUT2D eigenvalue weighted by molar-refractivity contribution is -0.132. The number of rotatable bonds is 6. The molecule has 1 heterocycles. The topological polar surface area (TPSA) is 58.6 Å². The summed E-state index contributed by atoms with van der Waals surface area (Å²) in [6.45, 7) is 0.731. The van der Waals surface area contributed by atoms with Crippen molar-refractivity contribution in [1.82, 2.24) is 10.2 Å². The molecule has 5 nitrogen and oxygen atoms in total. The second kappa shape index (κ2) is 7.19. The molecule has 6 heteroatoms. The lowest BCUT2D eigenvalue weighted by Crippen LogP contribution is -2.38. The number of carbonyl (C=O) groups excluding carboxylic acids is 2. The highest BCUT2D eigenvalue weighted by Crippen LogP contribution is 2.14. The average molecular weight is 294 g/mol. The van der Waals surface area contributed by atoms with Gasteiger partial charge in [0.15, 0.2) is 0 Å². The molecule has 1 aliphatic rings. The number of amides is 2. The Morgan fingerprint density at radius 2 is 2.15 bits per heavy atom. The van der Waals surface area contributed by atoms with E-state index >= 15 is 0 Å². The molecule has 1 aromatic carbocycles. The summed E-state index contributed by atoms with van der Waals surface area (Å²) >= 11 is 1.54. The predicted octanol–water partition coefficient (Wildman–Crippen LogP) is 0.887. The molecular formula is C14H18N2O3S. The quantitative estimate of drug-likeness (QED) is 0.846. The van der Waals surface area contributed by atoms with Crippen molar-refractivity contribution < 1.29 is 14.3 Å². The van der Waals surface area contributed by atoms with E-state index in [0.29, 0.717) is 18.2 Å². The zero-order valence-corrected chi connectivity index (χ0v) is 12.2. The Bertz CT molecular complexity index is 476. The van der Waals surface area contributed by atoms with E-state index in [4.69, 9.17) is 4.74 Å². The Labute approximate surface area is 122 Å². The average Bonchev–Trinajstić information content (AvgIpc) is 2.85. The first kappa shape index (κ1) is 14.7. The van der Waals surface area contributed by atoms with Crippen molar-refractivity contribution >= 4 is 23.6 Å². The standard InChI is InChI=1S/C14H18N2O3S/c1-19-12-4-2-11(3-5-12)6-7-15-13(17)8-16-10-20-9-14(16)18/h2-5H,6-10H2,1H3,(H,15,17). The number of benzene rings is 1. The maximum atomic E-state index is 11.7. The largest absolute Gasteiger partial charge is 0.497 e. The monoisotopic (exact) mass is 294 g/mol. The SMILES string of the molecule is COc1ccc(CCNC(=O)CN2CSCC2=O)cc1. The number of thioether (sulfide) groups is 1. The molecule has 1 aliphatic heterocycles. The molecule has 1 N–H and O–H groups in total. The third kappa shape index (κ3) is 4.16. The summed E-state index contributed by atoms with van der Waals surface area (Å²) in [6, 6.07) is 7.76. The fourth-order valence-electron chi connectivity index (χ4n) is 1.91. The van der Waals surface area contributed by atoms with Crippen LogP contribution in [0.2, 0.25) is 0 Å². The molecule has 20 heavy (non-hydrogen) atoms. The third-order valence-corrected chi connectivity index (χ3v) is 4.00. The van der Waals surface area contributed by atoms with Gasteiger partial charge in [-0.3, -0.25) is 9.59 Å². The number of nitrogens with zero attached hydrogens (tertiary/aromatic N) is 1. The van der Waals surface area contributed by atoms with Crippen LogP contribution >= 0.6 is 11.8 Å². The summed E-state index contributed by atoms with van der Waals surface area (Å²) in [5, 5.41) is 2.83. The highest BCUT2D eigenvalue weighted by atomic mass is 32.2. The molecule has 2 rings (SSSR count). The molecule has 0 bridgehead atoms. The number of ether oxygens (including phenoxy) is 1. The maximum Gasteiger partial charge on any atom is 0.239 e. The van der Waals surface area contributed by atoms with Crippen LogP contribution in [0.3, 0.4) is 0 Å². The van der Waals surface area contributed by atoms with Crippen LogP contribution in [-0.4, -0.2) is 48.5 Å². The number of hydrogen-bond donors (Lipinski definition) is 1. The van der Waals surface area contributed by atoms with Gasteiger partial charge < -0.3 is 15.0 Å². The summed E-state index contributed by atoms with van der Waals surface area (Å²) in [5.41, 5.74) is 1.14. The van der Waals surface area contributed by atoms with Gasteiger partial charge in [-0.25, -0.2) is 0 Å². The molecule has 1 aromatic rings. The fourth-order valence-corrected chi connectivity index (χ4v) is 2.81. The van der Waals surface area contributed by atoms with Gasteiger partial charge in [0.05, 0.1) is 18.7 Å². The van der Waals surface area contributed by atoms with Crippen LogP contribution < -0.4 is 10.1 Å². The van der Waals surface area contributed by atoms with E-state index in [1.165, 1.54) is 0 Å². The third-order valence-electron chi connectivity index (χ3n) is 3.05. The molecule has 0 saturated carbocycles. The van der Waals surface area contributed by atoms with Gasteiger partial charge in [-0.05, 0) is 24.1 Å². The Hall–Kier alpha value is -1.69. The summed E-state index contributed by atoms with van der Waals surface area (Å²) in [4.78, 5) is 24.7. The summed E-state index contributed by atoms with van der Waals surface area (Å²) in [7, 11) is 1.63. The highest BCUT2D eigenvalue weighted by Gasteiger charge is 2.22. The Kier molecular flexibility index (Phi) is 5.29. The highest BCUT2D eigenvalue weighted by molar-refractivity contribution is 8.00. The van der Waals surface area contributed by atoms with E-state index in [9.17, 15) is 9.59 Å². The van der Waals surface area contributed by atoms with Crippen molar-refractivity contribution in [2.45, 2.75) is 6.42 Å². The molecule has 0 spiro atoms. The van der Waals surface area contributed by atoms with Gasteiger partial charge in [-0.2, -0.15) is 0 Å². The van der Waals surface area contributed by atoms with Crippen molar-refractivity contribution in [3.05, 3.63) is 29.8 Å². The maximum absolute atomic E-state index is 11.7. The molecular weight excluding hydrogens is 276 g/mol. The molecule has 1 fully saturated rings. The van der Waals surface area contributed by atoms with Crippen LogP contribution in [0, 0.1) is 0 Å². The zero-order chi connectivity index (χ0) is 14.4. The Balaban J connectivity index is 1.69. The van der Waals surface area contributed by atoms with E-state index < -0.39 is 0 Å². The normalized spacial score (nSPS) is 14.4. The molecule has 0 aliphatic carbocycles. The number of nitrogens with one attached hydrogen (secondary N) is 1. The summed E-state index contributed by atoms with van der Waals surface area (Å²) in [5.74, 6) is 1.86. The van der Waals surface area contributed by atoms with E-state index in [1.54, 1.807) is 23.8 Å². The van der Waals surface area contributed by atoms with Gasteiger partial charge in [0.1, 0.15) is 12.3 Å². The second-order valence-corrected chi connectivity index (χ2v) is 5.47. The van der Waals surface area contributed by atoms with Crippen LogP contribution in [0.1, 0.15) is 5.56 Å². The van der Waals surface area contributed by atoms with Crippen molar-refractivity contribution in [1.29, 1.82) is 0 Å². The molecule has 0 unspecified atom stereocenters. The van der Waals surface area contributed by atoms with Crippen LogP contribution in [0.4, 0.5) is 0 Å². The van der Waals surface area contributed by atoms with Gasteiger partial charge in [0.25, 0.3) is 0 Å². The Morgan fingerprint density at radius 3 is 2.75 bits per heavy atom. The van der Waals surface area contributed by atoms with Crippen LogP contribution in [-0.2, 0) is 16.0 Å². The van der Waals surface area contributed by atoms with Gasteiger partial charge in [0.2, 0.25) is 11.8 Å². The number of methoxy groups -OCH3 is 1. The van der Waals surface area contributed by atoms with Gasteiger partial charge in [0, 0.05) is 6.54 Å². The fraction of sp³-hybridized carbons (Fsp3) is 0.429. The van der Waals surface area contributed by atoms with Gasteiger partial charge >= 0.3 is 0 Å². The molecule has 2 amide bonds. The van der Waals surface area contributed by atoms with Crippen LogP contribution in [0.15, 0.2) is 24.3 Å². The van der Waals surface area contributed by atoms with Gasteiger partial charge in [-0.15, -0.1) is 11.8 Å². The lowest BCUT2D eigenvalue weighted by atomic mass is 10.1. The van der Waals surface area contributed by atoms with E-state index in [0.717, 1.165) is 17.7 Å².